The summed E-state index contributed by atoms with van der Waals surface area (Å²) in [5.41, 5.74) is 5.99. The van der Waals surface area contributed by atoms with Gasteiger partial charge in [-0.15, -0.1) is 0 Å². The topological polar surface area (TPSA) is 38.5 Å². The summed E-state index contributed by atoms with van der Waals surface area (Å²) in [5.74, 6) is 0.568. The fraction of sp³-hybridized carbons (Fsp3) is 1.00. The van der Waals surface area contributed by atoms with Crippen molar-refractivity contribution < 1.29 is 4.74 Å². The molecule has 1 rings (SSSR count). The first-order chi connectivity index (χ1) is 6.52. The molecular formula is C11H24N2O. The largest absolute Gasteiger partial charge is 0.380 e. The number of likely N-dealkylation sites (N-methyl/N-ethyl adjacent to an activating group) is 1. The van der Waals surface area contributed by atoms with Gasteiger partial charge in [-0.1, -0.05) is 13.8 Å². The minimum Gasteiger partial charge on any atom is -0.380 e. The number of nitrogens with two attached hydrogens (primary N) is 1. The molecule has 84 valence electrons. The van der Waals surface area contributed by atoms with Gasteiger partial charge in [-0.25, -0.2) is 0 Å². The summed E-state index contributed by atoms with van der Waals surface area (Å²) in [6, 6.07) is 0.547. The van der Waals surface area contributed by atoms with Crippen LogP contribution in [0.5, 0.6) is 0 Å². The smallest absolute Gasteiger partial charge is 0.0622 e. The summed E-state index contributed by atoms with van der Waals surface area (Å²) in [4.78, 5) is 2.41. The minimum atomic E-state index is 0.0956. The maximum atomic E-state index is 5.89. The summed E-state index contributed by atoms with van der Waals surface area (Å²) in [5, 5.41) is 0. The molecule has 0 radical (unpaired) electrons. The summed E-state index contributed by atoms with van der Waals surface area (Å²) in [6.45, 7) is 9.18. The second-order valence-corrected chi connectivity index (χ2v) is 4.84. The molecule has 1 aliphatic rings. The standard InChI is InChI=1S/C11H24N2O/c1-9(2)11(3,8-12)13(4)10-5-6-14-7-10/h9-10H,5-8,12H2,1-4H3. The fourth-order valence-electron chi connectivity index (χ4n) is 2.03. The van der Waals surface area contributed by atoms with Crippen molar-refractivity contribution in [1.82, 2.24) is 4.90 Å². The molecule has 3 nitrogen and oxygen atoms in total. The van der Waals surface area contributed by atoms with Crippen molar-refractivity contribution in [2.75, 3.05) is 26.8 Å². The van der Waals surface area contributed by atoms with E-state index >= 15 is 0 Å². The van der Waals surface area contributed by atoms with Crippen molar-refractivity contribution in [2.45, 2.75) is 38.8 Å². The maximum absolute atomic E-state index is 5.89. The van der Waals surface area contributed by atoms with Crippen LogP contribution < -0.4 is 5.73 Å². The zero-order valence-corrected chi connectivity index (χ0v) is 9.92. The van der Waals surface area contributed by atoms with E-state index < -0.39 is 0 Å². The first-order valence-electron chi connectivity index (χ1n) is 5.53. The summed E-state index contributed by atoms with van der Waals surface area (Å²) >= 11 is 0. The van der Waals surface area contributed by atoms with Crippen molar-refractivity contribution >= 4 is 0 Å². The third-order valence-electron chi connectivity index (χ3n) is 3.92. The van der Waals surface area contributed by atoms with Gasteiger partial charge in [0.15, 0.2) is 0 Å². The van der Waals surface area contributed by atoms with Crippen molar-refractivity contribution in [3.8, 4) is 0 Å². The first kappa shape index (κ1) is 12.0. The average Bonchev–Trinajstić information content (AvgIpc) is 2.67. The van der Waals surface area contributed by atoms with E-state index in [0.717, 1.165) is 19.6 Å². The Labute approximate surface area is 87.6 Å². The predicted octanol–water partition coefficient (Wildman–Crippen LogP) is 1.08. The Morgan fingerprint density at radius 3 is 2.57 bits per heavy atom. The highest BCUT2D eigenvalue weighted by atomic mass is 16.5. The van der Waals surface area contributed by atoms with Crippen LogP contribution in [0.4, 0.5) is 0 Å². The number of hydrogen-bond acceptors (Lipinski definition) is 3. The van der Waals surface area contributed by atoms with Gasteiger partial charge in [-0.05, 0) is 26.3 Å². The van der Waals surface area contributed by atoms with Gasteiger partial charge in [0.1, 0.15) is 0 Å². The molecule has 1 saturated heterocycles. The second-order valence-electron chi connectivity index (χ2n) is 4.84. The molecule has 0 aromatic carbocycles. The average molecular weight is 200 g/mol. The Hall–Kier alpha value is -0.120. The molecule has 0 aromatic heterocycles. The lowest BCUT2D eigenvalue weighted by Crippen LogP contribution is -2.57. The molecule has 2 atom stereocenters. The number of nitrogens with zero attached hydrogens (tertiary/aromatic N) is 1. The Balaban J connectivity index is 2.67. The zero-order valence-electron chi connectivity index (χ0n) is 9.92. The second kappa shape index (κ2) is 4.60. The highest BCUT2D eigenvalue weighted by molar-refractivity contribution is 4.92. The Morgan fingerprint density at radius 2 is 2.21 bits per heavy atom. The molecule has 14 heavy (non-hydrogen) atoms. The molecule has 1 fully saturated rings. The number of hydrogen-bond donors (Lipinski definition) is 1. The van der Waals surface area contributed by atoms with Gasteiger partial charge in [0.05, 0.1) is 6.61 Å². The molecule has 1 aliphatic heterocycles. The van der Waals surface area contributed by atoms with Gasteiger partial charge in [0.25, 0.3) is 0 Å². The monoisotopic (exact) mass is 200 g/mol. The van der Waals surface area contributed by atoms with Gasteiger partial charge in [-0.3, -0.25) is 4.90 Å². The van der Waals surface area contributed by atoms with E-state index in [1.54, 1.807) is 0 Å². The quantitative estimate of drug-likeness (QED) is 0.738. The van der Waals surface area contributed by atoms with Crippen LogP contribution in [0, 0.1) is 5.92 Å². The summed E-state index contributed by atoms with van der Waals surface area (Å²) in [6.07, 6.45) is 1.14. The van der Waals surface area contributed by atoms with Crippen molar-refractivity contribution in [3.63, 3.8) is 0 Å². The van der Waals surface area contributed by atoms with Gasteiger partial charge >= 0.3 is 0 Å². The van der Waals surface area contributed by atoms with E-state index in [1.807, 2.05) is 0 Å². The first-order valence-corrected chi connectivity index (χ1v) is 5.53. The molecule has 3 heteroatoms. The summed E-state index contributed by atoms with van der Waals surface area (Å²) < 4.78 is 5.42. The van der Waals surface area contributed by atoms with Gasteiger partial charge < -0.3 is 10.5 Å². The van der Waals surface area contributed by atoms with E-state index in [-0.39, 0.29) is 5.54 Å². The van der Waals surface area contributed by atoms with Crippen LogP contribution in [-0.4, -0.2) is 43.3 Å². The van der Waals surface area contributed by atoms with E-state index in [9.17, 15) is 0 Å². The molecule has 2 N–H and O–H groups in total. The molecule has 1 heterocycles. The van der Waals surface area contributed by atoms with Crippen LogP contribution in [0.25, 0.3) is 0 Å². The fourth-order valence-corrected chi connectivity index (χ4v) is 2.03. The van der Waals surface area contributed by atoms with Crippen molar-refractivity contribution in [2.24, 2.45) is 11.7 Å². The van der Waals surface area contributed by atoms with E-state index in [0.29, 0.717) is 18.5 Å². The highest BCUT2D eigenvalue weighted by Crippen LogP contribution is 2.26. The van der Waals surface area contributed by atoms with Gasteiger partial charge in [0.2, 0.25) is 0 Å². The zero-order chi connectivity index (χ0) is 10.8. The molecule has 0 amide bonds. The molecular weight excluding hydrogens is 176 g/mol. The Morgan fingerprint density at radius 1 is 1.57 bits per heavy atom. The molecule has 0 aliphatic carbocycles. The van der Waals surface area contributed by atoms with E-state index in [4.69, 9.17) is 10.5 Å². The number of rotatable bonds is 4. The minimum absolute atomic E-state index is 0.0956. The predicted molar refractivity (Wildman–Crippen MR) is 59.3 cm³/mol. The lowest BCUT2D eigenvalue weighted by molar-refractivity contribution is 0.0454. The molecule has 0 aromatic rings. The lowest BCUT2D eigenvalue weighted by atomic mass is 9.85. The van der Waals surface area contributed by atoms with Crippen LogP contribution >= 0.6 is 0 Å². The number of ether oxygens (including phenoxy) is 1. The van der Waals surface area contributed by atoms with Crippen LogP contribution in [-0.2, 0) is 4.74 Å². The molecule has 0 saturated carbocycles. The lowest BCUT2D eigenvalue weighted by Gasteiger charge is -2.44. The van der Waals surface area contributed by atoms with Crippen LogP contribution in [0.2, 0.25) is 0 Å². The Bertz CT molecular complexity index is 178. The molecule has 0 bridgehead atoms. The molecule has 0 spiro atoms. The maximum Gasteiger partial charge on any atom is 0.0622 e. The van der Waals surface area contributed by atoms with Crippen molar-refractivity contribution in [3.05, 3.63) is 0 Å². The van der Waals surface area contributed by atoms with Gasteiger partial charge in [-0.2, -0.15) is 0 Å². The SMILES string of the molecule is CC(C)C(C)(CN)N(C)C1CCOC1. The summed E-state index contributed by atoms with van der Waals surface area (Å²) in [7, 11) is 2.17. The highest BCUT2D eigenvalue weighted by Gasteiger charge is 2.36. The van der Waals surface area contributed by atoms with Crippen LogP contribution in [0.3, 0.4) is 0 Å². The third kappa shape index (κ3) is 2.10. The van der Waals surface area contributed by atoms with E-state index in [2.05, 4.69) is 32.7 Å². The van der Waals surface area contributed by atoms with Crippen LogP contribution in [0.1, 0.15) is 27.2 Å². The van der Waals surface area contributed by atoms with Crippen LogP contribution in [0.15, 0.2) is 0 Å². The normalized spacial score (nSPS) is 27.2. The van der Waals surface area contributed by atoms with Crippen molar-refractivity contribution in [1.29, 1.82) is 0 Å². The third-order valence-corrected chi connectivity index (χ3v) is 3.92. The van der Waals surface area contributed by atoms with E-state index in [1.165, 1.54) is 0 Å². The molecule has 2 unspecified atom stereocenters. The Kier molecular flexibility index (Phi) is 3.93. The van der Waals surface area contributed by atoms with Gasteiger partial charge in [0, 0.05) is 24.7 Å².